The van der Waals surface area contributed by atoms with Crippen LogP contribution in [0.4, 0.5) is 11.4 Å². The van der Waals surface area contributed by atoms with Gasteiger partial charge in [0.25, 0.3) is 5.91 Å². The number of morpholine rings is 1. The molecule has 2 amide bonds. The molecule has 5 rings (SSSR count). The summed E-state index contributed by atoms with van der Waals surface area (Å²) in [5, 5.41) is 6.01. The van der Waals surface area contributed by atoms with Gasteiger partial charge in [-0.1, -0.05) is 60.7 Å². The molecule has 2 aliphatic heterocycles. The van der Waals surface area contributed by atoms with Gasteiger partial charge >= 0.3 is 0 Å². The number of nitrogens with zero attached hydrogens (tertiary/aromatic N) is 3. The van der Waals surface area contributed by atoms with Gasteiger partial charge in [-0.15, -0.1) is 0 Å². The van der Waals surface area contributed by atoms with Gasteiger partial charge in [0.2, 0.25) is 5.91 Å². The van der Waals surface area contributed by atoms with E-state index < -0.39 is 0 Å². The molecule has 2 aliphatic rings. The first-order valence-electron chi connectivity index (χ1n) is 14.8. The number of benzene rings is 3. The van der Waals surface area contributed by atoms with Crippen molar-refractivity contribution < 1.29 is 19.1 Å². The third-order valence-electron chi connectivity index (χ3n) is 7.65. The van der Waals surface area contributed by atoms with Crippen molar-refractivity contribution in [2.45, 2.75) is 13.2 Å². The maximum atomic E-state index is 13.5. The predicted octanol–water partition coefficient (Wildman–Crippen LogP) is 3.23. The van der Waals surface area contributed by atoms with Crippen molar-refractivity contribution >= 4 is 23.2 Å². The molecule has 0 aliphatic carbocycles. The summed E-state index contributed by atoms with van der Waals surface area (Å²) in [5.41, 5.74) is 4.34. The van der Waals surface area contributed by atoms with Gasteiger partial charge in [-0.25, -0.2) is 0 Å². The third-order valence-corrected chi connectivity index (χ3v) is 7.65. The molecule has 0 aromatic heterocycles. The van der Waals surface area contributed by atoms with Crippen molar-refractivity contribution in [3.05, 3.63) is 95.6 Å². The summed E-state index contributed by atoms with van der Waals surface area (Å²) in [7, 11) is 0. The Morgan fingerprint density at radius 1 is 0.786 bits per heavy atom. The second-order valence-electron chi connectivity index (χ2n) is 10.7. The van der Waals surface area contributed by atoms with Gasteiger partial charge in [-0.3, -0.25) is 19.4 Å². The summed E-state index contributed by atoms with van der Waals surface area (Å²) < 4.78 is 11.0. The van der Waals surface area contributed by atoms with Crippen LogP contribution in [-0.2, 0) is 27.4 Å². The molecule has 0 saturated carbocycles. The van der Waals surface area contributed by atoms with Crippen LogP contribution in [0.1, 0.15) is 21.5 Å². The topological polar surface area (TPSA) is 86.4 Å². The molecular weight excluding hydrogens is 530 g/mol. The van der Waals surface area contributed by atoms with Crippen molar-refractivity contribution in [2.24, 2.45) is 0 Å². The van der Waals surface area contributed by atoms with Crippen LogP contribution in [0.2, 0.25) is 0 Å². The average molecular weight is 572 g/mol. The van der Waals surface area contributed by atoms with Crippen molar-refractivity contribution in [3.63, 3.8) is 0 Å². The molecule has 2 N–H and O–H groups in total. The van der Waals surface area contributed by atoms with Gasteiger partial charge in [0.15, 0.2) is 0 Å². The third kappa shape index (κ3) is 8.87. The summed E-state index contributed by atoms with van der Waals surface area (Å²) >= 11 is 0. The fourth-order valence-electron chi connectivity index (χ4n) is 5.34. The monoisotopic (exact) mass is 571 g/mol. The lowest BCUT2D eigenvalue weighted by molar-refractivity contribution is -0.121. The van der Waals surface area contributed by atoms with Crippen LogP contribution in [0.25, 0.3) is 0 Å². The molecule has 222 valence electrons. The van der Waals surface area contributed by atoms with E-state index in [1.165, 1.54) is 5.56 Å². The number of piperazine rings is 1. The van der Waals surface area contributed by atoms with Gasteiger partial charge in [0, 0.05) is 70.3 Å². The standard InChI is InChI=1S/C33H41N5O4/c39-32(26-42-25-28-9-5-2-6-10-28)35-29-11-12-31(30(23-29)33(40)34-13-14-36-19-21-41-22-20-36)38-17-15-37(16-18-38)24-27-7-3-1-4-8-27/h1-12,23H,13-22,24-26H2,(H,34,40)(H,35,39). The zero-order valence-corrected chi connectivity index (χ0v) is 24.2. The quantitative estimate of drug-likeness (QED) is 0.345. The molecule has 2 fully saturated rings. The number of nitrogens with one attached hydrogen (secondary N) is 2. The van der Waals surface area contributed by atoms with Crippen molar-refractivity contribution in [2.75, 3.05) is 82.4 Å². The minimum Gasteiger partial charge on any atom is -0.379 e. The smallest absolute Gasteiger partial charge is 0.253 e. The molecule has 3 aromatic carbocycles. The van der Waals surface area contributed by atoms with E-state index in [-0.39, 0.29) is 18.4 Å². The van der Waals surface area contributed by atoms with E-state index in [4.69, 9.17) is 9.47 Å². The van der Waals surface area contributed by atoms with Crippen LogP contribution in [-0.4, -0.2) is 93.8 Å². The fourth-order valence-corrected chi connectivity index (χ4v) is 5.34. The lowest BCUT2D eigenvalue weighted by Gasteiger charge is -2.37. The molecule has 3 aromatic rings. The SMILES string of the molecule is O=C(COCc1ccccc1)Nc1ccc(N2CCN(Cc3ccccc3)CC2)c(C(=O)NCCN2CCOCC2)c1. The molecule has 0 unspecified atom stereocenters. The Morgan fingerprint density at radius 2 is 1.48 bits per heavy atom. The summed E-state index contributed by atoms with van der Waals surface area (Å²) in [4.78, 5) is 33.1. The maximum absolute atomic E-state index is 13.5. The zero-order valence-electron chi connectivity index (χ0n) is 24.2. The van der Waals surface area contributed by atoms with Crippen LogP contribution in [0, 0.1) is 0 Å². The van der Waals surface area contributed by atoms with Crippen molar-refractivity contribution in [1.82, 2.24) is 15.1 Å². The summed E-state index contributed by atoms with van der Waals surface area (Å²) in [5.74, 6) is -0.395. The van der Waals surface area contributed by atoms with Gasteiger partial charge < -0.3 is 25.0 Å². The lowest BCUT2D eigenvalue weighted by atomic mass is 10.1. The highest BCUT2D eigenvalue weighted by molar-refractivity contribution is 6.02. The van der Waals surface area contributed by atoms with Crippen LogP contribution in [0.3, 0.4) is 0 Å². The van der Waals surface area contributed by atoms with E-state index in [9.17, 15) is 9.59 Å². The van der Waals surface area contributed by atoms with E-state index in [1.807, 2.05) is 48.5 Å². The first kappa shape index (κ1) is 29.7. The van der Waals surface area contributed by atoms with Crippen molar-refractivity contribution in [1.29, 1.82) is 0 Å². The molecular formula is C33H41N5O4. The number of amides is 2. The Bertz CT molecular complexity index is 1280. The summed E-state index contributed by atoms with van der Waals surface area (Å²) in [6, 6.07) is 25.9. The first-order valence-corrected chi connectivity index (χ1v) is 14.8. The number of carbonyl (C=O) groups is 2. The lowest BCUT2D eigenvalue weighted by Crippen LogP contribution is -2.46. The van der Waals surface area contributed by atoms with Crippen LogP contribution < -0.4 is 15.5 Å². The minimum atomic E-state index is -0.258. The Kier molecular flexibility index (Phi) is 10.9. The first-order chi connectivity index (χ1) is 20.6. The molecule has 9 nitrogen and oxygen atoms in total. The average Bonchev–Trinajstić information content (AvgIpc) is 3.03. The molecule has 0 radical (unpaired) electrons. The Morgan fingerprint density at radius 3 is 2.19 bits per heavy atom. The van der Waals surface area contributed by atoms with Crippen LogP contribution >= 0.6 is 0 Å². The molecule has 9 heteroatoms. The van der Waals surface area contributed by atoms with Gasteiger partial charge in [-0.05, 0) is 29.3 Å². The predicted molar refractivity (Wildman–Crippen MR) is 165 cm³/mol. The Balaban J connectivity index is 1.21. The Labute approximate surface area is 248 Å². The molecule has 0 bridgehead atoms. The molecule has 2 saturated heterocycles. The highest BCUT2D eigenvalue weighted by Gasteiger charge is 2.23. The van der Waals surface area contributed by atoms with Gasteiger partial charge in [-0.2, -0.15) is 0 Å². The molecule has 0 spiro atoms. The van der Waals surface area contributed by atoms with Crippen molar-refractivity contribution in [3.8, 4) is 0 Å². The second kappa shape index (κ2) is 15.5. The molecule has 2 heterocycles. The Hall–Kier alpha value is -3.76. The van der Waals surface area contributed by atoms with Gasteiger partial charge in [0.05, 0.1) is 25.4 Å². The second-order valence-corrected chi connectivity index (χ2v) is 10.7. The number of rotatable bonds is 12. The highest BCUT2D eigenvalue weighted by atomic mass is 16.5. The number of anilines is 2. The number of ether oxygens (including phenoxy) is 2. The molecule has 42 heavy (non-hydrogen) atoms. The zero-order chi connectivity index (χ0) is 29.0. The fraction of sp³-hybridized carbons (Fsp3) is 0.394. The van der Waals surface area contributed by atoms with Crippen LogP contribution in [0.15, 0.2) is 78.9 Å². The van der Waals surface area contributed by atoms with E-state index in [2.05, 4.69) is 49.6 Å². The summed E-state index contributed by atoms with van der Waals surface area (Å²) in [6.45, 7) is 9.20. The maximum Gasteiger partial charge on any atom is 0.253 e. The minimum absolute atomic E-state index is 0.0684. The van der Waals surface area contributed by atoms with E-state index in [0.29, 0.717) is 24.4 Å². The highest BCUT2D eigenvalue weighted by Crippen LogP contribution is 2.26. The van der Waals surface area contributed by atoms with E-state index in [1.54, 1.807) is 6.07 Å². The van der Waals surface area contributed by atoms with E-state index in [0.717, 1.165) is 76.8 Å². The summed E-state index contributed by atoms with van der Waals surface area (Å²) in [6.07, 6.45) is 0. The number of hydrogen-bond donors (Lipinski definition) is 2. The normalized spacial score (nSPS) is 16.2. The van der Waals surface area contributed by atoms with Crippen LogP contribution in [0.5, 0.6) is 0 Å². The number of hydrogen-bond acceptors (Lipinski definition) is 7. The largest absolute Gasteiger partial charge is 0.379 e. The van der Waals surface area contributed by atoms with E-state index >= 15 is 0 Å². The van der Waals surface area contributed by atoms with Gasteiger partial charge in [0.1, 0.15) is 6.61 Å². The molecule has 0 atom stereocenters. The number of carbonyl (C=O) groups excluding carboxylic acids is 2.